The molecule has 6 nitrogen and oxygen atoms in total. The summed E-state index contributed by atoms with van der Waals surface area (Å²) in [5.74, 6) is -0.0235. The minimum atomic E-state index is -0.699. The normalized spacial score (nSPS) is 11.9. The molecule has 2 rings (SSSR count). The van der Waals surface area contributed by atoms with Gasteiger partial charge in [0.15, 0.2) is 0 Å². The second kappa shape index (κ2) is 12.9. The summed E-state index contributed by atoms with van der Waals surface area (Å²) in [6.45, 7) is 2.01. The molecule has 1 amide bonds. The Balaban J connectivity index is 1.63. The number of nitrogens with one attached hydrogen (secondary N) is 2. The van der Waals surface area contributed by atoms with Crippen molar-refractivity contribution in [1.29, 1.82) is 0 Å². The largest absolute Gasteiger partial charge is 0.506 e. The van der Waals surface area contributed by atoms with Gasteiger partial charge in [0.05, 0.1) is 11.8 Å². The molecule has 0 aliphatic heterocycles. The minimum absolute atomic E-state index is 0.0235. The molecule has 6 N–H and O–H groups in total. The van der Waals surface area contributed by atoms with Gasteiger partial charge in [0.1, 0.15) is 5.75 Å². The SMILES string of the molecule is NCCCCc1ccc(CCCCNCC(O)c2ccc(O)c(NC=O)c2)cc1. The highest BCUT2D eigenvalue weighted by Crippen LogP contribution is 2.26. The van der Waals surface area contributed by atoms with Gasteiger partial charge in [-0.15, -0.1) is 0 Å². The lowest BCUT2D eigenvalue weighted by atomic mass is 10.0. The van der Waals surface area contributed by atoms with Crippen molar-refractivity contribution in [2.24, 2.45) is 5.73 Å². The van der Waals surface area contributed by atoms with Crippen LogP contribution in [0.4, 0.5) is 5.69 Å². The Kier molecular flexibility index (Phi) is 10.2. The summed E-state index contributed by atoms with van der Waals surface area (Å²) >= 11 is 0. The summed E-state index contributed by atoms with van der Waals surface area (Å²) in [7, 11) is 0. The molecule has 0 bridgehead atoms. The number of phenols is 1. The number of aryl methyl sites for hydroxylation is 2. The van der Waals surface area contributed by atoms with Gasteiger partial charge >= 0.3 is 0 Å². The Morgan fingerprint density at radius 2 is 1.62 bits per heavy atom. The number of anilines is 1. The molecule has 0 radical (unpaired) electrons. The van der Waals surface area contributed by atoms with Gasteiger partial charge in [0.2, 0.25) is 6.41 Å². The Morgan fingerprint density at radius 3 is 2.24 bits per heavy atom. The van der Waals surface area contributed by atoms with E-state index in [1.807, 2.05) is 0 Å². The van der Waals surface area contributed by atoms with E-state index in [0.29, 0.717) is 24.2 Å². The molecule has 0 saturated heterocycles. The van der Waals surface area contributed by atoms with E-state index in [1.54, 1.807) is 12.1 Å². The van der Waals surface area contributed by atoms with Crippen LogP contribution in [0.15, 0.2) is 42.5 Å². The predicted molar refractivity (Wildman–Crippen MR) is 117 cm³/mol. The van der Waals surface area contributed by atoms with E-state index in [0.717, 1.165) is 51.6 Å². The van der Waals surface area contributed by atoms with E-state index in [1.165, 1.54) is 17.2 Å². The first-order valence-electron chi connectivity index (χ1n) is 10.3. The lowest BCUT2D eigenvalue weighted by Gasteiger charge is -2.14. The molecule has 0 aliphatic carbocycles. The molecule has 0 saturated carbocycles. The molecule has 2 aromatic rings. The average Bonchev–Trinajstić information content (AvgIpc) is 2.73. The lowest BCUT2D eigenvalue weighted by molar-refractivity contribution is -0.105. The molecule has 0 aliphatic rings. The van der Waals surface area contributed by atoms with Crippen LogP contribution in [0.5, 0.6) is 5.75 Å². The van der Waals surface area contributed by atoms with Crippen LogP contribution in [-0.2, 0) is 17.6 Å². The number of amides is 1. The Hall–Kier alpha value is -2.41. The summed E-state index contributed by atoms with van der Waals surface area (Å²) in [4.78, 5) is 10.6. The van der Waals surface area contributed by atoms with Crippen molar-refractivity contribution in [3.63, 3.8) is 0 Å². The number of aliphatic hydroxyl groups is 1. The van der Waals surface area contributed by atoms with E-state index in [-0.39, 0.29) is 5.75 Å². The van der Waals surface area contributed by atoms with Gasteiger partial charge in [-0.25, -0.2) is 0 Å². The number of carbonyl (C=O) groups is 1. The second-order valence-electron chi connectivity index (χ2n) is 7.28. The average molecular weight is 400 g/mol. The zero-order valence-corrected chi connectivity index (χ0v) is 16.9. The highest BCUT2D eigenvalue weighted by molar-refractivity contribution is 5.75. The highest BCUT2D eigenvalue weighted by Gasteiger charge is 2.10. The fraction of sp³-hybridized carbons (Fsp3) is 0.435. The van der Waals surface area contributed by atoms with Gasteiger partial charge < -0.3 is 26.6 Å². The third-order valence-corrected chi connectivity index (χ3v) is 4.97. The van der Waals surface area contributed by atoms with Gasteiger partial charge in [0.25, 0.3) is 0 Å². The molecule has 0 spiro atoms. The third-order valence-electron chi connectivity index (χ3n) is 4.97. The zero-order chi connectivity index (χ0) is 20.9. The number of aliphatic hydroxyl groups excluding tert-OH is 1. The standard InChI is InChI=1S/C23H33N3O3/c24-13-3-1-5-18-7-9-19(10-8-18)6-2-4-14-25-16-23(29)20-11-12-22(28)21(15-20)26-17-27/h7-12,15,17,23,25,28-29H,1-6,13-14,16,24H2,(H,26,27). The summed E-state index contributed by atoms with van der Waals surface area (Å²) in [5.41, 5.74) is 9.20. The first-order chi connectivity index (χ1) is 14.1. The summed E-state index contributed by atoms with van der Waals surface area (Å²) < 4.78 is 0. The van der Waals surface area contributed by atoms with Crippen LogP contribution in [0.1, 0.15) is 48.5 Å². The van der Waals surface area contributed by atoms with Crippen LogP contribution >= 0.6 is 0 Å². The van der Waals surface area contributed by atoms with Crippen molar-refractivity contribution < 1.29 is 15.0 Å². The summed E-state index contributed by atoms with van der Waals surface area (Å²) in [5, 5.41) is 25.6. The van der Waals surface area contributed by atoms with Crippen LogP contribution in [0.25, 0.3) is 0 Å². The van der Waals surface area contributed by atoms with Crippen molar-refractivity contribution in [3.05, 3.63) is 59.2 Å². The van der Waals surface area contributed by atoms with Crippen molar-refractivity contribution in [2.45, 2.75) is 44.6 Å². The van der Waals surface area contributed by atoms with Gasteiger partial charge in [-0.05, 0) is 80.4 Å². The fourth-order valence-corrected chi connectivity index (χ4v) is 3.22. The molecule has 0 heterocycles. The number of unbranched alkanes of at least 4 members (excludes halogenated alkanes) is 2. The third kappa shape index (κ3) is 8.23. The molecule has 158 valence electrons. The quantitative estimate of drug-likeness (QED) is 0.191. The first-order valence-corrected chi connectivity index (χ1v) is 10.3. The van der Waals surface area contributed by atoms with Crippen molar-refractivity contribution in [3.8, 4) is 5.75 Å². The second-order valence-corrected chi connectivity index (χ2v) is 7.28. The van der Waals surface area contributed by atoms with Gasteiger partial charge in [-0.2, -0.15) is 0 Å². The van der Waals surface area contributed by atoms with E-state index >= 15 is 0 Å². The Bertz CT molecular complexity index is 735. The molecule has 6 heteroatoms. The molecule has 2 aromatic carbocycles. The minimum Gasteiger partial charge on any atom is -0.506 e. The molecule has 29 heavy (non-hydrogen) atoms. The van der Waals surface area contributed by atoms with Crippen molar-refractivity contribution in [1.82, 2.24) is 5.32 Å². The van der Waals surface area contributed by atoms with Crippen molar-refractivity contribution >= 4 is 12.1 Å². The van der Waals surface area contributed by atoms with E-state index < -0.39 is 6.10 Å². The molecule has 1 unspecified atom stereocenters. The number of aromatic hydroxyl groups is 1. The van der Waals surface area contributed by atoms with E-state index in [4.69, 9.17) is 5.73 Å². The summed E-state index contributed by atoms with van der Waals surface area (Å²) in [6, 6.07) is 13.5. The number of benzene rings is 2. The molecule has 0 fully saturated rings. The first kappa shape index (κ1) is 22.9. The number of phenolic OH excluding ortho intramolecular Hbond substituents is 1. The topological polar surface area (TPSA) is 108 Å². The van der Waals surface area contributed by atoms with Gasteiger partial charge in [-0.3, -0.25) is 4.79 Å². The lowest BCUT2D eigenvalue weighted by Crippen LogP contribution is -2.22. The van der Waals surface area contributed by atoms with Crippen LogP contribution < -0.4 is 16.4 Å². The van der Waals surface area contributed by atoms with Gasteiger partial charge in [-0.1, -0.05) is 30.3 Å². The van der Waals surface area contributed by atoms with Crippen LogP contribution in [0, 0.1) is 0 Å². The molecule has 0 aromatic heterocycles. The number of hydrogen-bond acceptors (Lipinski definition) is 5. The Labute approximate surface area is 173 Å². The number of nitrogens with two attached hydrogens (primary N) is 1. The Morgan fingerprint density at radius 1 is 0.966 bits per heavy atom. The summed E-state index contributed by atoms with van der Waals surface area (Å²) in [6.07, 6.45) is 6.28. The zero-order valence-electron chi connectivity index (χ0n) is 16.9. The van der Waals surface area contributed by atoms with Gasteiger partial charge in [0, 0.05) is 6.54 Å². The molecular weight excluding hydrogens is 366 g/mol. The van der Waals surface area contributed by atoms with Crippen LogP contribution in [-0.4, -0.2) is 36.3 Å². The van der Waals surface area contributed by atoms with E-state index in [2.05, 4.69) is 34.9 Å². The number of carbonyl (C=O) groups excluding carboxylic acids is 1. The molecule has 1 atom stereocenters. The molecular formula is C23H33N3O3. The van der Waals surface area contributed by atoms with Crippen molar-refractivity contribution in [2.75, 3.05) is 25.0 Å². The number of rotatable bonds is 14. The number of hydrogen-bond donors (Lipinski definition) is 5. The van der Waals surface area contributed by atoms with Crippen LogP contribution in [0.2, 0.25) is 0 Å². The maximum Gasteiger partial charge on any atom is 0.211 e. The van der Waals surface area contributed by atoms with E-state index in [9.17, 15) is 15.0 Å². The maximum atomic E-state index is 10.6. The maximum absolute atomic E-state index is 10.6. The highest BCUT2D eigenvalue weighted by atomic mass is 16.3. The smallest absolute Gasteiger partial charge is 0.211 e. The monoisotopic (exact) mass is 399 g/mol. The van der Waals surface area contributed by atoms with Crippen LogP contribution in [0.3, 0.4) is 0 Å². The predicted octanol–water partition coefficient (Wildman–Crippen LogP) is 2.89. The fourth-order valence-electron chi connectivity index (χ4n) is 3.22.